The van der Waals surface area contributed by atoms with E-state index >= 15 is 0 Å². The summed E-state index contributed by atoms with van der Waals surface area (Å²) in [6, 6.07) is -0.506. The summed E-state index contributed by atoms with van der Waals surface area (Å²) in [6.07, 6.45) is 1.35. The molecule has 0 bridgehead atoms. The van der Waals surface area contributed by atoms with Gasteiger partial charge >= 0.3 is 12.1 Å². The minimum absolute atomic E-state index is 0.0707. The van der Waals surface area contributed by atoms with Crippen LogP contribution in [0.4, 0.5) is 9.59 Å². The van der Waals surface area contributed by atoms with E-state index in [0.29, 0.717) is 19.0 Å². The predicted octanol–water partition coefficient (Wildman–Crippen LogP) is 0.522. The number of urea groups is 1. The fourth-order valence-electron chi connectivity index (χ4n) is 2.01. The van der Waals surface area contributed by atoms with Crippen molar-refractivity contribution in [2.24, 2.45) is 11.7 Å². The van der Waals surface area contributed by atoms with Crippen LogP contribution in [-0.4, -0.2) is 43.3 Å². The average molecular weight is 229 g/mol. The minimum Gasteiger partial charge on any atom is -0.453 e. The number of nitrogens with two attached hydrogens (primary N) is 1. The average Bonchev–Trinajstić information content (AvgIpc) is 2.28. The largest absolute Gasteiger partial charge is 0.453 e. The number of likely N-dealkylation sites (tertiary alicyclic amines) is 1. The molecule has 0 aromatic rings. The van der Waals surface area contributed by atoms with Crippen molar-refractivity contribution in [3.8, 4) is 0 Å². The van der Waals surface area contributed by atoms with Gasteiger partial charge in [0.15, 0.2) is 0 Å². The Balaban J connectivity index is 2.57. The molecule has 1 aliphatic rings. The van der Waals surface area contributed by atoms with Gasteiger partial charge in [-0.05, 0) is 12.3 Å². The maximum absolute atomic E-state index is 11.1. The summed E-state index contributed by atoms with van der Waals surface area (Å²) in [5.41, 5.74) is 5.25. The second kappa shape index (κ2) is 5.58. The Morgan fingerprint density at radius 3 is 2.69 bits per heavy atom. The number of ether oxygens (including phenoxy) is 1. The molecule has 1 fully saturated rings. The van der Waals surface area contributed by atoms with E-state index in [1.165, 1.54) is 7.11 Å². The first-order chi connectivity index (χ1) is 7.56. The Morgan fingerprint density at radius 1 is 1.50 bits per heavy atom. The quantitative estimate of drug-likeness (QED) is 0.724. The maximum Gasteiger partial charge on any atom is 0.407 e. The van der Waals surface area contributed by atoms with Crippen LogP contribution in [0.2, 0.25) is 0 Å². The summed E-state index contributed by atoms with van der Waals surface area (Å²) in [5, 5.41) is 2.71. The summed E-state index contributed by atoms with van der Waals surface area (Å²) < 4.78 is 4.53. The minimum atomic E-state index is -0.467. The second-order valence-corrected chi connectivity index (χ2v) is 4.09. The summed E-state index contributed by atoms with van der Waals surface area (Å²) in [7, 11) is 1.32. The Bertz CT molecular complexity index is 270. The molecule has 6 nitrogen and oxygen atoms in total. The highest BCUT2D eigenvalue weighted by molar-refractivity contribution is 5.72. The van der Waals surface area contributed by atoms with E-state index in [0.717, 1.165) is 12.8 Å². The zero-order valence-electron chi connectivity index (χ0n) is 9.73. The first-order valence-electron chi connectivity index (χ1n) is 5.45. The van der Waals surface area contributed by atoms with Crippen LogP contribution in [0.3, 0.4) is 0 Å². The number of rotatable bonds is 2. The fourth-order valence-corrected chi connectivity index (χ4v) is 2.01. The fraction of sp³-hybridized carbons (Fsp3) is 0.800. The standard InChI is InChI=1S/C10H19N3O3/c1-3-7-4-8(12-10(15)16-2)6-13(5-7)9(11)14/h7-8H,3-6H2,1-2H3,(H2,11,14)(H,12,15). The smallest absolute Gasteiger partial charge is 0.407 e. The van der Waals surface area contributed by atoms with Crippen LogP contribution in [0.15, 0.2) is 0 Å². The number of carbonyl (C=O) groups is 2. The van der Waals surface area contributed by atoms with Crippen LogP contribution in [0.25, 0.3) is 0 Å². The summed E-state index contributed by atoms with van der Waals surface area (Å²) in [4.78, 5) is 23.8. The molecule has 3 N–H and O–H groups in total. The van der Waals surface area contributed by atoms with Gasteiger partial charge in [-0.2, -0.15) is 0 Å². The SMILES string of the molecule is CCC1CC(NC(=O)OC)CN(C(N)=O)C1. The van der Waals surface area contributed by atoms with Crippen LogP contribution in [0.5, 0.6) is 0 Å². The first kappa shape index (κ1) is 12.6. The Labute approximate surface area is 95.1 Å². The van der Waals surface area contributed by atoms with Gasteiger partial charge in [-0.25, -0.2) is 9.59 Å². The van der Waals surface area contributed by atoms with Gasteiger partial charge in [0.05, 0.1) is 13.2 Å². The van der Waals surface area contributed by atoms with Gasteiger partial charge < -0.3 is 20.7 Å². The first-order valence-corrected chi connectivity index (χ1v) is 5.45. The number of hydrogen-bond donors (Lipinski definition) is 2. The lowest BCUT2D eigenvalue weighted by atomic mass is 9.92. The van der Waals surface area contributed by atoms with Gasteiger partial charge in [0.2, 0.25) is 0 Å². The number of hydrogen-bond acceptors (Lipinski definition) is 3. The van der Waals surface area contributed by atoms with E-state index in [4.69, 9.17) is 5.73 Å². The number of methoxy groups -OCH3 is 1. The van der Waals surface area contributed by atoms with Crippen LogP contribution >= 0.6 is 0 Å². The maximum atomic E-state index is 11.1. The number of alkyl carbamates (subject to hydrolysis) is 1. The van der Waals surface area contributed by atoms with Crippen LogP contribution in [0.1, 0.15) is 19.8 Å². The number of primary amides is 1. The van der Waals surface area contributed by atoms with E-state index in [9.17, 15) is 9.59 Å². The van der Waals surface area contributed by atoms with E-state index in [1.807, 2.05) is 0 Å². The van der Waals surface area contributed by atoms with Crippen molar-refractivity contribution in [2.45, 2.75) is 25.8 Å². The lowest BCUT2D eigenvalue weighted by Crippen LogP contribution is -2.53. The topological polar surface area (TPSA) is 84.7 Å². The lowest BCUT2D eigenvalue weighted by Gasteiger charge is -2.36. The van der Waals surface area contributed by atoms with Crippen molar-refractivity contribution in [1.82, 2.24) is 10.2 Å². The van der Waals surface area contributed by atoms with Crippen molar-refractivity contribution in [3.05, 3.63) is 0 Å². The lowest BCUT2D eigenvalue weighted by molar-refractivity contribution is 0.134. The van der Waals surface area contributed by atoms with E-state index in [-0.39, 0.29) is 6.04 Å². The summed E-state index contributed by atoms with van der Waals surface area (Å²) in [5.74, 6) is 0.378. The molecule has 1 rings (SSSR count). The third-order valence-electron chi connectivity index (χ3n) is 2.93. The number of carbonyl (C=O) groups excluding carboxylic acids is 2. The van der Waals surface area contributed by atoms with Crippen molar-refractivity contribution < 1.29 is 14.3 Å². The van der Waals surface area contributed by atoms with Crippen LogP contribution in [0, 0.1) is 5.92 Å². The zero-order valence-corrected chi connectivity index (χ0v) is 9.73. The third kappa shape index (κ3) is 3.29. The van der Waals surface area contributed by atoms with Gasteiger partial charge in [0, 0.05) is 13.1 Å². The molecule has 0 radical (unpaired) electrons. The second-order valence-electron chi connectivity index (χ2n) is 4.09. The van der Waals surface area contributed by atoms with Gasteiger partial charge in [0.25, 0.3) is 0 Å². The molecular formula is C10H19N3O3. The van der Waals surface area contributed by atoms with Gasteiger partial charge in [-0.3, -0.25) is 0 Å². The van der Waals surface area contributed by atoms with Crippen molar-refractivity contribution in [2.75, 3.05) is 20.2 Å². The number of piperidine rings is 1. The molecule has 1 aliphatic heterocycles. The van der Waals surface area contributed by atoms with E-state index < -0.39 is 12.1 Å². The molecule has 2 unspecified atom stereocenters. The van der Waals surface area contributed by atoms with Crippen LogP contribution in [-0.2, 0) is 4.74 Å². The molecule has 92 valence electrons. The number of nitrogens with one attached hydrogen (secondary N) is 1. The van der Waals surface area contributed by atoms with Gasteiger partial charge in [0.1, 0.15) is 0 Å². The summed E-state index contributed by atoms with van der Waals surface area (Å²) >= 11 is 0. The molecule has 0 spiro atoms. The molecule has 3 amide bonds. The molecule has 1 heterocycles. The summed E-state index contributed by atoms with van der Waals surface area (Å²) in [6.45, 7) is 3.19. The highest BCUT2D eigenvalue weighted by Gasteiger charge is 2.29. The highest BCUT2D eigenvalue weighted by Crippen LogP contribution is 2.19. The number of amides is 3. The Morgan fingerprint density at radius 2 is 2.19 bits per heavy atom. The molecule has 0 aliphatic carbocycles. The molecule has 6 heteroatoms. The predicted molar refractivity (Wildman–Crippen MR) is 58.9 cm³/mol. The van der Waals surface area contributed by atoms with Crippen molar-refractivity contribution in [1.29, 1.82) is 0 Å². The molecule has 1 saturated heterocycles. The van der Waals surface area contributed by atoms with Crippen molar-refractivity contribution >= 4 is 12.1 Å². The third-order valence-corrected chi connectivity index (χ3v) is 2.93. The van der Waals surface area contributed by atoms with E-state index in [2.05, 4.69) is 17.0 Å². The Hall–Kier alpha value is -1.46. The molecule has 0 saturated carbocycles. The van der Waals surface area contributed by atoms with Gasteiger partial charge in [-0.15, -0.1) is 0 Å². The normalized spacial score (nSPS) is 25.0. The molecule has 2 atom stereocenters. The molecule has 0 aromatic carbocycles. The Kier molecular flexibility index (Phi) is 4.39. The molecule has 16 heavy (non-hydrogen) atoms. The highest BCUT2D eigenvalue weighted by atomic mass is 16.5. The number of nitrogens with zero attached hydrogens (tertiary/aromatic N) is 1. The molecular weight excluding hydrogens is 210 g/mol. The zero-order chi connectivity index (χ0) is 12.1. The van der Waals surface area contributed by atoms with E-state index in [1.54, 1.807) is 4.90 Å². The van der Waals surface area contributed by atoms with Crippen molar-refractivity contribution in [3.63, 3.8) is 0 Å². The monoisotopic (exact) mass is 229 g/mol. The van der Waals surface area contributed by atoms with Gasteiger partial charge in [-0.1, -0.05) is 13.3 Å². The molecule has 0 aromatic heterocycles. The van der Waals surface area contributed by atoms with Crippen LogP contribution < -0.4 is 11.1 Å².